The van der Waals surface area contributed by atoms with Crippen LogP contribution in [0.15, 0.2) is 24.3 Å². The van der Waals surface area contributed by atoms with Crippen molar-refractivity contribution in [1.82, 2.24) is 9.80 Å². The summed E-state index contributed by atoms with van der Waals surface area (Å²) in [7, 11) is 7.83. The Labute approximate surface area is 132 Å². The van der Waals surface area contributed by atoms with Gasteiger partial charge in [0.2, 0.25) is 0 Å². The second-order valence-electron chi connectivity index (χ2n) is 6.00. The molecule has 0 spiro atoms. The molecule has 0 heterocycles. The van der Waals surface area contributed by atoms with Crippen molar-refractivity contribution in [1.29, 1.82) is 0 Å². The molecule has 0 aliphatic carbocycles. The van der Waals surface area contributed by atoms with E-state index in [4.69, 9.17) is 11.6 Å². The van der Waals surface area contributed by atoms with Gasteiger partial charge in [0.15, 0.2) is 0 Å². The Bertz CT molecular complexity index is 446. The van der Waals surface area contributed by atoms with Crippen molar-refractivity contribution in [3.05, 3.63) is 34.9 Å². The van der Waals surface area contributed by atoms with Crippen molar-refractivity contribution in [2.75, 3.05) is 41.3 Å². The summed E-state index contributed by atoms with van der Waals surface area (Å²) in [5.41, 5.74) is -0.0535. The molecule has 0 unspecified atom stereocenters. The fourth-order valence-electron chi connectivity index (χ4n) is 2.35. The minimum Gasteiger partial charge on any atom is -0.481 e. The zero-order valence-electron chi connectivity index (χ0n) is 13.3. The predicted octanol–water partition coefficient (Wildman–Crippen LogP) is 2.57. The molecule has 1 aromatic rings. The summed E-state index contributed by atoms with van der Waals surface area (Å²) in [6, 6.07) is 7.20. The van der Waals surface area contributed by atoms with Gasteiger partial charge in [0, 0.05) is 5.02 Å². The number of benzene rings is 1. The van der Waals surface area contributed by atoms with Crippen LogP contribution in [-0.4, -0.2) is 62.2 Å². The van der Waals surface area contributed by atoms with E-state index in [1.54, 1.807) is 12.1 Å². The van der Waals surface area contributed by atoms with Crippen LogP contribution in [0.25, 0.3) is 0 Å². The third kappa shape index (κ3) is 4.99. The largest absolute Gasteiger partial charge is 0.481 e. The van der Waals surface area contributed by atoms with Crippen LogP contribution in [0.2, 0.25) is 5.02 Å². The topological polar surface area (TPSA) is 43.8 Å². The van der Waals surface area contributed by atoms with E-state index in [9.17, 15) is 9.90 Å². The number of hydrogen-bond acceptors (Lipinski definition) is 3. The highest BCUT2D eigenvalue weighted by Gasteiger charge is 2.39. The normalized spacial score (nSPS) is 12.1. The van der Waals surface area contributed by atoms with Gasteiger partial charge in [0.25, 0.3) is 0 Å². The molecule has 0 fully saturated rings. The van der Waals surface area contributed by atoms with Crippen LogP contribution in [0.4, 0.5) is 0 Å². The summed E-state index contributed by atoms with van der Waals surface area (Å²) in [5, 5.41) is 10.5. The smallest absolute Gasteiger partial charge is 0.314 e. The molecule has 0 aromatic heterocycles. The third-order valence-corrected chi connectivity index (χ3v) is 4.03. The molecule has 21 heavy (non-hydrogen) atoms. The van der Waals surface area contributed by atoms with Crippen LogP contribution in [0.1, 0.15) is 18.4 Å². The van der Waals surface area contributed by atoms with Gasteiger partial charge >= 0.3 is 5.97 Å². The lowest BCUT2D eigenvalue weighted by molar-refractivity contribution is -0.144. The summed E-state index contributed by atoms with van der Waals surface area (Å²) in [6.45, 7) is 1.45. The number of carbonyl (C=O) groups is 1. The van der Waals surface area contributed by atoms with Gasteiger partial charge in [-0.05, 0) is 71.8 Å². The molecule has 0 radical (unpaired) electrons. The van der Waals surface area contributed by atoms with E-state index in [2.05, 4.69) is 0 Å². The van der Waals surface area contributed by atoms with Gasteiger partial charge in [-0.15, -0.1) is 0 Å². The Morgan fingerprint density at radius 1 is 1.05 bits per heavy atom. The molecular formula is C16H25ClN2O2. The Kier molecular flexibility index (Phi) is 6.65. The number of rotatable bonds is 8. The zero-order chi connectivity index (χ0) is 16.0. The van der Waals surface area contributed by atoms with Gasteiger partial charge in [-0.3, -0.25) is 4.79 Å². The highest BCUT2D eigenvalue weighted by Crippen LogP contribution is 2.33. The Morgan fingerprint density at radius 2 is 1.48 bits per heavy atom. The summed E-state index contributed by atoms with van der Waals surface area (Å²) in [4.78, 5) is 16.1. The summed E-state index contributed by atoms with van der Waals surface area (Å²) in [5.74, 6) is -0.770. The lowest BCUT2D eigenvalue weighted by Gasteiger charge is -2.32. The zero-order valence-corrected chi connectivity index (χ0v) is 14.0. The van der Waals surface area contributed by atoms with Crippen LogP contribution < -0.4 is 0 Å². The molecule has 0 aliphatic rings. The molecule has 1 aromatic carbocycles. The molecule has 0 aliphatic heterocycles. The van der Waals surface area contributed by atoms with E-state index >= 15 is 0 Å². The number of carboxylic acid groups (broad SMARTS) is 1. The molecule has 0 atom stereocenters. The quantitative estimate of drug-likeness (QED) is 0.801. The molecule has 0 saturated heterocycles. The van der Waals surface area contributed by atoms with E-state index in [1.807, 2.05) is 50.1 Å². The van der Waals surface area contributed by atoms with Crippen LogP contribution in [0.3, 0.4) is 0 Å². The molecule has 1 N–H and O–H groups in total. The molecule has 0 amide bonds. The first-order chi connectivity index (χ1) is 9.78. The standard InChI is InChI=1S/C16H25ClN2O2/c1-18(2)11-9-16(15(20)21,10-12-19(3)4)13-5-7-14(17)8-6-13/h5-8H,9-12H2,1-4H3,(H,20,21). The van der Waals surface area contributed by atoms with Gasteiger partial charge < -0.3 is 14.9 Å². The molecule has 0 bridgehead atoms. The average molecular weight is 313 g/mol. The van der Waals surface area contributed by atoms with Crippen LogP contribution in [0.5, 0.6) is 0 Å². The Hall–Kier alpha value is -1.10. The monoisotopic (exact) mass is 312 g/mol. The van der Waals surface area contributed by atoms with E-state index in [1.165, 1.54) is 0 Å². The first kappa shape index (κ1) is 18.0. The third-order valence-electron chi connectivity index (χ3n) is 3.78. The van der Waals surface area contributed by atoms with E-state index < -0.39 is 11.4 Å². The second-order valence-corrected chi connectivity index (χ2v) is 6.44. The molecule has 118 valence electrons. The van der Waals surface area contributed by atoms with E-state index in [0.717, 1.165) is 18.7 Å². The Morgan fingerprint density at radius 3 is 1.81 bits per heavy atom. The second kappa shape index (κ2) is 7.78. The van der Waals surface area contributed by atoms with E-state index in [-0.39, 0.29) is 0 Å². The first-order valence-corrected chi connectivity index (χ1v) is 7.44. The summed E-state index contributed by atoms with van der Waals surface area (Å²) < 4.78 is 0. The van der Waals surface area contributed by atoms with Crippen molar-refractivity contribution < 1.29 is 9.90 Å². The highest BCUT2D eigenvalue weighted by atomic mass is 35.5. The number of halogens is 1. The number of hydrogen-bond donors (Lipinski definition) is 1. The van der Waals surface area contributed by atoms with Gasteiger partial charge in [0.1, 0.15) is 0 Å². The number of aliphatic carboxylic acids is 1. The molecule has 5 heteroatoms. The number of nitrogens with zero attached hydrogens (tertiary/aromatic N) is 2. The maximum Gasteiger partial charge on any atom is 0.314 e. The van der Waals surface area contributed by atoms with Gasteiger partial charge in [-0.2, -0.15) is 0 Å². The predicted molar refractivity (Wildman–Crippen MR) is 87.1 cm³/mol. The summed E-state index contributed by atoms with van der Waals surface area (Å²) in [6.07, 6.45) is 1.15. The van der Waals surface area contributed by atoms with Crippen LogP contribution in [-0.2, 0) is 10.2 Å². The van der Waals surface area contributed by atoms with Gasteiger partial charge in [-0.25, -0.2) is 0 Å². The van der Waals surface area contributed by atoms with Crippen molar-refractivity contribution in [3.63, 3.8) is 0 Å². The fourth-order valence-corrected chi connectivity index (χ4v) is 2.47. The summed E-state index contributed by atoms with van der Waals surface area (Å²) >= 11 is 5.93. The lowest BCUT2D eigenvalue weighted by atomic mass is 9.74. The van der Waals surface area contributed by atoms with Crippen molar-refractivity contribution >= 4 is 17.6 Å². The van der Waals surface area contributed by atoms with Gasteiger partial charge in [-0.1, -0.05) is 23.7 Å². The first-order valence-electron chi connectivity index (χ1n) is 7.07. The minimum absolute atomic E-state index is 0.574. The van der Waals surface area contributed by atoms with E-state index in [0.29, 0.717) is 17.9 Å². The highest BCUT2D eigenvalue weighted by molar-refractivity contribution is 6.30. The molecule has 1 rings (SSSR count). The van der Waals surface area contributed by atoms with Crippen molar-refractivity contribution in [3.8, 4) is 0 Å². The maximum atomic E-state index is 12.1. The number of carboxylic acids is 1. The Balaban J connectivity index is 3.15. The van der Waals surface area contributed by atoms with Crippen molar-refractivity contribution in [2.24, 2.45) is 0 Å². The van der Waals surface area contributed by atoms with Crippen LogP contribution in [0, 0.1) is 0 Å². The van der Waals surface area contributed by atoms with Gasteiger partial charge in [0.05, 0.1) is 5.41 Å². The SMILES string of the molecule is CN(C)CCC(CCN(C)C)(C(=O)O)c1ccc(Cl)cc1. The van der Waals surface area contributed by atoms with Crippen LogP contribution >= 0.6 is 11.6 Å². The lowest BCUT2D eigenvalue weighted by Crippen LogP contribution is -2.41. The molecule has 0 saturated carbocycles. The fraction of sp³-hybridized carbons (Fsp3) is 0.562. The molecular weight excluding hydrogens is 288 g/mol. The maximum absolute atomic E-state index is 12.1. The molecule has 4 nitrogen and oxygen atoms in total. The minimum atomic E-state index is -0.876. The average Bonchev–Trinajstić information content (AvgIpc) is 2.39. The van der Waals surface area contributed by atoms with Crippen molar-refractivity contribution in [2.45, 2.75) is 18.3 Å².